The molecule has 31 heavy (non-hydrogen) atoms. The zero-order valence-corrected chi connectivity index (χ0v) is 19.6. The number of anilines is 1. The molecule has 0 aliphatic heterocycles. The molecule has 2 heterocycles. The van der Waals surface area contributed by atoms with Crippen LogP contribution in [0.3, 0.4) is 0 Å². The molecule has 166 valence electrons. The van der Waals surface area contributed by atoms with E-state index in [0.717, 1.165) is 42.5 Å². The van der Waals surface area contributed by atoms with Crippen molar-refractivity contribution >= 4 is 28.5 Å². The zero-order valence-electron chi connectivity index (χ0n) is 18.9. The fraction of sp³-hybridized carbons (Fsp3) is 0.458. The number of fused-ring (bicyclic) bond motifs is 1. The van der Waals surface area contributed by atoms with E-state index in [1.807, 2.05) is 43.9 Å². The van der Waals surface area contributed by atoms with E-state index < -0.39 is 11.5 Å². The van der Waals surface area contributed by atoms with Gasteiger partial charge in [0.05, 0.1) is 11.1 Å². The van der Waals surface area contributed by atoms with Crippen LogP contribution in [0.5, 0.6) is 0 Å². The van der Waals surface area contributed by atoms with E-state index in [1.165, 1.54) is 10.6 Å². The molecule has 2 aromatic heterocycles. The Morgan fingerprint density at radius 3 is 2.23 bits per heavy atom. The molecular weight excluding hydrogens is 415 g/mol. The molecule has 5 nitrogen and oxygen atoms in total. The summed E-state index contributed by atoms with van der Waals surface area (Å²) >= 11 is 6.09. The first kappa shape index (κ1) is 23.2. The van der Waals surface area contributed by atoms with E-state index in [2.05, 4.69) is 23.8 Å². The van der Waals surface area contributed by atoms with Crippen molar-refractivity contribution in [3.63, 3.8) is 0 Å². The number of para-hydroxylation sites is 1. The van der Waals surface area contributed by atoms with E-state index in [9.17, 15) is 9.18 Å². The van der Waals surface area contributed by atoms with E-state index >= 15 is 0 Å². The molecule has 1 aromatic carbocycles. The lowest BCUT2D eigenvalue weighted by Crippen LogP contribution is -2.35. The van der Waals surface area contributed by atoms with E-state index in [0.29, 0.717) is 23.4 Å². The number of halogens is 2. The predicted molar refractivity (Wildman–Crippen MR) is 126 cm³/mol. The second-order valence-electron chi connectivity index (χ2n) is 7.99. The molecule has 0 aliphatic rings. The molecule has 0 N–H and O–H groups in total. The molecule has 7 heteroatoms. The molecule has 0 bridgehead atoms. The van der Waals surface area contributed by atoms with E-state index in [-0.39, 0.29) is 11.2 Å². The van der Waals surface area contributed by atoms with Gasteiger partial charge in [0.25, 0.3) is 0 Å². The Balaban J connectivity index is 2.48. The van der Waals surface area contributed by atoms with Crippen molar-refractivity contribution in [2.75, 3.05) is 11.4 Å². The van der Waals surface area contributed by atoms with Gasteiger partial charge in [-0.2, -0.15) is 4.98 Å². The first-order chi connectivity index (χ1) is 14.8. The van der Waals surface area contributed by atoms with Crippen molar-refractivity contribution in [2.45, 2.75) is 66.3 Å². The van der Waals surface area contributed by atoms with Crippen LogP contribution in [-0.2, 0) is 12.8 Å². The van der Waals surface area contributed by atoms with Crippen LogP contribution in [0.4, 0.5) is 10.2 Å². The molecule has 0 unspecified atom stereocenters. The number of rotatable bonds is 8. The van der Waals surface area contributed by atoms with Gasteiger partial charge in [-0.15, -0.1) is 0 Å². The topological polar surface area (TPSA) is 51.0 Å². The fourth-order valence-electron chi connectivity index (χ4n) is 4.14. The van der Waals surface area contributed by atoms with Crippen LogP contribution in [0.25, 0.3) is 16.7 Å². The van der Waals surface area contributed by atoms with Crippen LogP contribution in [-0.4, -0.2) is 27.1 Å². The Morgan fingerprint density at radius 2 is 1.71 bits per heavy atom. The standard InChI is InChI=1S/C24H30ClFN4O/c1-6-10-16-12-9-13-17(11-7-2)20(16)30-23-18(14-19(26)21(25)27-23)22(28-24(30)31)29(8-3)15(4)5/h9,12-15H,6-8,10-11H2,1-5H3. The highest BCUT2D eigenvalue weighted by Crippen LogP contribution is 2.30. The van der Waals surface area contributed by atoms with Gasteiger partial charge in [-0.3, -0.25) is 0 Å². The van der Waals surface area contributed by atoms with Crippen LogP contribution in [0, 0.1) is 5.82 Å². The van der Waals surface area contributed by atoms with Crippen molar-refractivity contribution in [3.05, 3.63) is 56.8 Å². The van der Waals surface area contributed by atoms with Crippen LogP contribution in [0.15, 0.2) is 29.1 Å². The van der Waals surface area contributed by atoms with Gasteiger partial charge in [-0.05, 0) is 50.8 Å². The Morgan fingerprint density at radius 1 is 1.10 bits per heavy atom. The lowest BCUT2D eigenvalue weighted by Gasteiger charge is -2.28. The lowest BCUT2D eigenvalue weighted by molar-refractivity contribution is 0.623. The normalized spacial score (nSPS) is 11.5. The molecule has 3 rings (SSSR count). The highest BCUT2D eigenvalue weighted by Gasteiger charge is 2.23. The summed E-state index contributed by atoms with van der Waals surface area (Å²) in [5.41, 5.74) is 2.79. The van der Waals surface area contributed by atoms with Crippen molar-refractivity contribution in [1.82, 2.24) is 14.5 Å². The molecule has 0 amide bonds. The monoisotopic (exact) mass is 444 g/mol. The molecule has 0 saturated heterocycles. The fourth-order valence-corrected chi connectivity index (χ4v) is 4.27. The van der Waals surface area contributed by atoms with Crippen LogP contribution in [0.1, 0.15) is 58.6 Å². The van der Waals surface area contributed by atoms with Gasteiger partial charge in [0.1, 0.15) is 5.82 Å². The van der Waals surface area contributed by atoms with Gasteiger partial charge in [0.15, 0.2) is 16.6 Å². The van der Waals surface area contributed by atoms with Crippen LogP contribution < -0.4 is 10.6 Å². The second kappa shape index (κ2) is 9.77. The summed E-state index contributed by atoms with van der Waals surface area (Å²) < 4.78 is 16.0. The number of aromatic nitrogens is 3. The summed E-state index contributed by atoms with van der Waals surface area (Å²) in [7, 11) is 0. The molecular formula is C24H30ClFN4O. The Kier molecular flexibility index (Phi) is 7.31. The van der Waals surface area contributed by atoms with Crippen LogP contribution >= 0.6 is 11.6 Å². The van der Waals surface area contributed by atoms with E-state index in [4.69, 9.17) is 11.6 Å². The molecule has 0 spiro atoms. The van der Waals surface area contributed by atoms with Gasteiger partial charge in [0, 0.05) is 12.6 Å². The van der Waals surface area contributed by atoms with Crippen molar-refractivity contribution in [3.8, 4) is 5.69 Å². The molecule has 0 aliphatic carbocycles. The first-order valence-corrected chi connectivity index (χ1v) is 11.4. The SMILES string of the molecule is CCCc1cccc(CCC)c1-n1c(=O)nc(N(CC)C(C)C)c2cc(F)c(Cl)nc21. The maximum absolute atomic E-state index is 14.5. The first-order valence-electron chi connectivity index (χ1n) is 11.0. The van der Waals surface area contributed by atoms with Crippen molar-refractivity contribution in [2.24, 2.45) is 0 Å². The minimum Gasteiger partial charge on any atom is -0.354 e. The van der Waals surface area contributed by atoms with Gasteiger partial charge < -0.3 is 4.90 Å². The number of benzene rings is 1. The third kappa shape index (κ3) is 4.45. The Labute approximate surface area is 187 Å². The van der Waals surface area contributed by atoms with Gasteiger partial charge in [-0.25, -0.2) is 18.7 Å². The smallest absolute Gasteiger partial charge is 0.354 e. The Bertz CT molecular complexity index is 1120. The predicted octanol–water partition coefficient (Wildman–Crippen LogP) is 5.71. The highest BCUT2D eigenvalue weighted by molar-refractivity contribution is 6.30. The number of hydrogen-bond donors (Lipinski definition) is 0. The van der Waals surface area contributed by atoms with E-state index in [1.54, 1.807) is 0 Å². The third-order valence-electron chi connectivity index (χ3n) is 5.46. The highest BCUT2D eigenvalue weighted by atomic mass is 35.5. The average Bonchev–Trinajstić information content (AvgIpc) is 2.71. The minimum absolute atomic E-state index is 0.0812. The van der Waals surface area contributed by atoms with Gasteiger partial charge in [-0.1, -0.05) is 56.5 Å². The summed E-state index contributed by atoms with van der Waals surface area (Å²) in [5, 5.41) is 0.223. The summed E-state index contributed by atoms with van der Waals surface area (Å²) in [4.78, 5) is 24.2. The van der Waals surface area contributed by atoms with Crippen molar-refractivity contribution < 1.29 is 4.39 Å². The lowest BCUT2D eigenvalue weighted by atomic mass is 10.00. The third-order valence-corrected chi connectivity index (χ3v) is 5.73. The molecule has 0 saturated carbocycles. The zero-order chi connectivity index (χ0) is 22.7. The Hall–Kier alpha value is -2.47. The maximum atomic E-state index is 14.5. The summed E-state index contributed by atoms with van der Waals surface area (Å²) in [6, 6.07) is 7.50. The summed E-state index contributed by atoms with van der Waals surface area (Å²) in [6.45, 7) is 10.8. The minimum atomic E-state index is -0.627. The maximum Gasteiger partial charge on any atom is 0.355 e. The molecule has 0 fully saturated rings. The molecule has 3 aromatic rings. The molecule has 0 atom stereocenters. The number of aryl methyl sites for hydroxylation is 2. The average molecular weight is 445 g/mol. The summed E-state index contributed by atoms with van der Waals surface area (Å²) in [6.07, 6.45) is 3.48. The quantitative estimate of drug-likeness (QED) is 0.417. The summed E-state index contributed by atoms with van der Waals surface area (Å²) in [5.74, 6) is -0.195. The van der Waals surface area contributed by atoms with Crippen molar-refractivity contribution in [1.29, 1.82) is 0 Å². The van der Waals surface area contributed by atoms with Gasteiger partial charge in [0.2, 0.25) is 0 Å². The number of nitrogens with zero attached hydrogens (tertiary/aromatic N) is 4. The second-order valence-corrected chi connectivity index (χ2v) is 8.35. The van der Waals surface area contributed by atoms with Crippen LogP contribution in [0.2, 0.25) is 5.15 Å². The molecule has 0 radical (unpaired) electrons. The van der Waals surface area contributed by atoms with Gasteiger partial charge >= 0.3 is 5.69 Å². The number of hydrogen-bond acceptors (Lipinski definition) is 4. The largest absolute Gasteiger partial charge is 0.355 e. The number of pyridine rings is 1.